The van der Waals surface area contributed by atoms with Crippen molar-refractivity contribution in [2.45, 2.75) is 27.2 Å². The van der Waals surface area contributed by atoms with Crippen molar-refractivity contribution in [1.82, 2.24) is 0 Å². The summed E-state index contributed by atoms with van der Waals surface area (Å²) in [4.78, 5) is 52.0. The lowest BCUT2D eigenvalue weighted by molar-refractivity contribution is -0.122. The summed E-state index contributed by atoms with van der Waals surface area (Å²) in [5.41, 5.74) is 3.06. The second-order valence-electron chi connectivity index (χ2n) is 8.52. The molecular formula is C26H25NO5. The minimum absolute atomic E-state index is 0.0141. The number of carbonyl (C=O) groups is 4. The number of anilines is 1. The van der Waals surface area contributed by atoms with Crippen molar-refractivity contribution in [1.29, 1.82) is 0 Å². The van der Waals surface area contributed by atoms with Crippen LogP contribution in [0.1, 0.15) is 45.2 Å². The van der Waals surface area contributed by atoms with Crippen molar-refractivity contribution in [2.75, 3.05) is 11.5 Å². The maximum atomic E-state index is 13.0. The predicted octanol–water partition coefficient (Wildman–Crippen LogP) is 4.04. The smallest absolute Gasteiger partial charge is 0.338 e. The van der Waals surface area contributed by atoms with Crippen LogP contribution in [0.4, 0.5) is 5.69 Å². The molecule has 0 aromatic heterocycles. The first-order valence-corrected chi connectivity index (χ1v) is 10.7. The number of hydrogen-bond acceptors (Lipinski definition) is 5. The zero-order valence-electron chi connectivity index (χ0n) is 18.3. The Labute approximate surface area is 186 Å². The van der Waals surface area contributed by atoms with E-state index in [1.54, 1.807) is 24.3 Å². The Kier molecular flexibility index (Phi) is 5.78. The Balaban J connectivity index is 1.47. The molecule has 2 amide bonds. The molecule has 0 bridgehead atoms. The zero-order valence-corrected chi connectivity index (χ0v) is 18.3. The van der Waals surface area contributed by atoms with Gasteiger partial charge in [0.2, 0.25) is 11.8 Å². The number of allylic oxidation sites excluding steroid dienone is 2. The zero-order chi connectivity index (χ0) is 23.0. The summed E-state index contributed by atoms with van der Waals surface area (Å²) in [6, 6.07) is 11.6. The van der Waals surface area contributed by atoms with Gasteiger partial charge in [0.1, 0.15) is 0 Å². The number of benzene rings is 2. The van der Waals surface area contributed by atoms with E-state index in [0.29, 0.717) is 17.7 Å². The first-order valence-electron chi connectivity index (χ1n) is 10.7. The quantitative estimate of drug-likeness (QED) is 0.309. The fourth-order valence-corrected chi connectivity index (χ4v) is 4.39. The standard InChI is InChI=1S/C26H25NO5/c1-15-10-11-18(12-17(15)3)22(28)14-32-26(31)19-7-5-8-20(13-19)27-24(29)21-9-4-6-16(2)23(21)25(27)30/h4-8,10-13,16,21,23H,9,14H2,1-3H3/t16-,21+,23+/m1/s1. The first-order chi connectivity index (χ1) is 15.3. The van der Waals surface area contributed by atoms with Gasteiger partial charge in [0.15, 0.2) is 12.4 Å². The Morgan fingerprint density at radius 1 is 1.00 bits per heavy atom. The lowest BCUT2D eigenvalue weighted by Crippen LogP contribution is -2.31. The Hall–Kier alpha value is -3.54. The molecule has 0 saturated carbocycles. The van der Waals surface area contributed by atoms with Crippen LogP contribution in [0, 0.1) is 31.6 Å². The number of ketones is 1. The molecule has 0 radical (unpaired) electrons. The molecule has 0 N–H and O–H groups in total. The summed E-state index contributed by atoms with van der Waals surface area (Å²) in [5, 5.41) is 0. The fraction of sp³-hybridized carbons (Fsp3) is 0.308. The molecule has 1 fully saturated rings. The SMILES string of the molecule is Cc1ccc(C(=O)COC(=O)c2cccc(N3C(=O)[C@H]4[C@H](C)C=CC[C@@H]4C3=O)c2)cc1C. The van der Waals surface area contributed by atoms with Gasteiger partial charge in [-0.2, -0.15) is 0 Å². The molecule has 1 aliphatic carbocycles. The maximum Gasteiger partial charge on any atom is 0.338 e. The molecule has 6 heteroatoms. The number of rotatable bonds is 5. The van der Waals surface area contributed by atoms with E-state index >= 15 is 0 Å². The molecule has 164 valence electrons. The summed E-state index contributed by atoms with van der Waals surface area (Å²) in [5.74, 6) is -2.23. The van der Waals surface area contributed by atoms with Gasteiger partial charge >= 0.3 is 5.97 Å². The Morgan fingerprint density at radius 2 is 1.78 bits per heavy atom. The van der Waals surface area contributed by atoms with Gasteiger partial charge in [-0.15, -0.1) is 0 Å². The van der Waals surface area contributed by atoms with Crippen LogP contribution in [0.2, 0.25) is 0 Å². The summed E-state index contributed by atoms with van der Waals surface area (Å²) in [6.07, 6.45) is 4.45. The van der Waals surface area contributed by atoms with Gasteiger partial charge in [-0.3, -0.25) is 19.3 Å². The van der Waals surface area contributed by atoms with Crippen molar-refractivity contribution in [2.24, 2.45) is 17.8 Å². The van der Waals surface area contributed by atoms with Crippen LogP contribution in [-0.2, 0) is 14.3 Å². The predicted molar refractivity (Wildman–Crippen MR) is 119 cm³/mol. The third kappa shape index (κ3) is 3.88. The van der Waals surface area contributed by atoms with Crippen LogP contribution in [0.3, 0.4) is 0 Å². The number of esters is 1. The van der Waals surface area contributed by atoms with E-state index in [1.165, 1.54) is 17.0 Å². The van der Waals surface area contributed by atoms with E-state index in [1.807, 2.05) is 39.0 Å². The third-order valence-electron chi connectivity index (χ3n) is 6.38. The summed E-state index contributed by atoms with van der Waals surface area (Å²) in [6.45, 7) is 5.42. The molecule has 32 heavy (non-hydrogen) atoms. The Morgan fingerprint density at radius 3 is 2.50 bits per heavy atom. The summed E-state index contributed by atoms with van der Waals surface area (Å²) in [7, 11) is 0. The number of fused-ring (bicyclic) bond motifs is 1. The highest BCUT2D eigenvalue weighted by molar-refractivity contribution is 6.22. The van der Waals surface area contributed by atoms with Gasteiger partial charge in [-0.25, -0.2) is 4.79 Å². The molecule has 0 unspecified atom stereocenters. The van der Waals surface area contributed by atoms with Crippen molar-refractivity contribution in [3.8, 4) is 0 Å². The van der Waals surface area contributed by atoms with Gasteiger partial charge in [0.05, 0.1) is 23.1 Å². The monoisotopic (exact) mass is 431 g/mol. The average molecular weight is 431 g/mol. The first kappa shape index (κ1) is 21.7. The van der Waals surface area contributed by atoms with Gasteiger partial charge in [-0.05, 0) is 61.6 Å². The average Bonchev–Trinajstić information content (AvgIpc) is 3.04. The van der Waals surface area contributed by atoms with E-state index in [9.17, 15) is 19.2 Å². The number of ether oxygens (including phenoxy) is 1. The highest BCUT2D eigenvalue weighted by atomic mass is 16.5. The molecular weight excluding hydrogens is 406 g/mol. The number of amides is 2. The molecule has 4 rings (SSSR count). The van der Waals surface area contributed by atoms with Crippen LogP contribution in [0.25, 0.3) is 0 Å². The number of hydrogen-bond donors (Lipinski definition) is 0. The van der Waals surface area contributed by atoms with Gasteiger partial charge in [0.25, 0.3) is 0 Å². The van der Waals surface area contributed by atoms with E-state index < -0.39 is 5.97 Å². The maximum absolute atomic E-state index is 13.0. The minimum Gasteiger partial charge on any atom is -0.454 e. The molecule has 2 aliphatic rings. The number of aryl methyl sites for hydroxylation is 2. The molecule has 1 heterocycles. The molecule has 6 nitrogen and oxygen atoms in total. The van der Waals surface area contributed by atoms with Crippen molar-refractivity contribution in [3.63, 3.8) is 0 Å². The van der Waals surface area contributed by atoms with E-state index in [-0.39, 0.29) is 47.5 Å². The number of imide groups is 1. The number of carbonyl (C=O) groups excluding carboxylic acids is 4. The fourth-order valence-electron chi connectivity index (χ4n) is 4.39. The van der Waals surface area contributed by atoms with Gasteiger partial charge in [-0.1, -0.05) is 37.3 Å². The summed E-state index contributed by atoms with van der Waals surface area (Å²) < 4.78 is 5.21. The van der Waals surface area contributed by atoms with Crippen LogP contribution >= 0.6 is 0 Å². The molecule has 0 spiro atoms. The molecule has 1 aliphatic heterocycles. The van der Waals surface area contributed by atoms with E-state index in [0.717, 1.165) is 11.1 Å². The van der Waals surface area contributed by atoms with Crippen LogP contribution in [0.5, 0.6) is 0 Å². The van der Waals surface area contributed by atoms with E-state index in [4.69, 9.17) is 4.74 Å². The highest BCUT2D eigenvalue weighted by Gasteiger charge is 2.50. The van der Waals surface area contributed by atoms with Crippen LogP contribution in [-0.4, -0.2) is 30.2 Å². The largest absolute Gasteiger partial charge is 0.454 e. The van der Waals surface area contributed by atoms with E-state index in [2.05, 4.69) is 0 Å². The lowest BCUT2D eigenvalue weighted by Gasteiger charge is -2.22. The van der Waals surface area contributed by atoms with Gasteiger partial charge < -0.3 is 4.74 Å². The minimum atomic E-state index is -0.685. The third-order valence-corrected chi connectivity index (χ3v) is 6.38. The molecule has 2 aromatic carbocycles. The molecule has 3 atom stereocenters. The highest BCUT2D eigenvalue weighted by Crippen LogP contribution is 2.40. The van der Waals surface area contributed by atoms with Crippen LogP contribution in [0.15, 0.2) is 54.6 Å². The number of Topliss-reactive ketones (excluding diaryl/α,β-unsaturated/α-hetero) is 1. The number of nitrogens with zero attached hydrogens (tertiary/aromatic N) is 1. The van der Waals surface area contributed by atoms with Crippen molar-refractivity contribution < 1.29 is 23.9 Å². The lowest BCUT2D eigenvalue weighted by atomic mass is 9.78. The van der Waals surface area contributed by atoms with Crippen molar-refractivity contribution in [3.05, 3.63) is 76.9 Å². The normalized spacial score (nSPS) is 22.1. The second-order valence-corrected chi connectivity index (χ2v) is 8.52. The molecule has 1 saturated heterocycles. The second kappa shape index (κ2) is 8.54. The Bertz CT molecular complexity index is 1150. The van der Waals surface area contributed by atoms with Crippen molar-refractivity contribution >= 4 is 29.3 Å². The van der Waals surface area contributed by atoms with Gasteiger partial charge in [0, 0.05) is 5.56 Å². The summed E-state index contributed by atoms with van der Waals surface area (Å²) >= 11 is 0. The topological polar surface area (TPSA) is 80.8 Å². The van der Waals surface area contributed by atoms with Crippen LogP contribution < -0.4 is 4.90 Å². The molecule has 2 aromatic rings.